The molecule has 1 aliphatic rings. The summed E-state index contributed by atoms with van der Waals surface area (Å²) in [6, 6.07) is 0.125. The first-order valence-electron chi connectivity index (χ1n) is 6.19. The Bertz CT molecular complexity index is 361. The van der Waals surface area contributed by atoms with E-state index in [0.29, 0.717) is 0 Å². The molecule has 1 heterocycles. The van der Waals surface area contributed by atoms with Crippen LogP contribution in [0.4, 0.5) is 5.82 Å². The van der Waals surface area contributed by atoms with Gasteiger partial charge in [0.15, 0.2) is 0 Å². The van der Waals surface area contributed by atoms with Gasteiger partial charge in [0.2, 0.25) is 0 Å². The average Bonchev–Trinajstić information content (AvgIpc) is 2.33. The number of thioether (sulfide) groups is 1. The number of aromatic nitrogens is 2. The molecule has 0 unspecified atom stereocenters. The smallest absolute Gasteiger partial charge is 0.146 e. The molecule has 0 bridgehead atoms. The van der Waals surface area contributed by atoms with E-state index in [-0.39, 0.29) is 12.1 Å². The largest absolute Gasteiger partial charge is 0.391 e. The Morgan fingerprint density at radius 1 is 1.41 bits per heavy atom. The van der Waals surface area contributed by atoms with E-state index in [0.717, 1.165) is 35.9 Å². The molecule has 0 aliphatic heterocycles. The van der Waals surface area contributed by atoms with Crippen LogP contribution in [0.15, 0.2) is 17.4 Å². The molecule has 2 rings (SSSR count). The molecule has 0 radical (unpaired) electrons. The molecule has 17 heavy (non-hydrogen) atoms. The van der Waals surface area contributed by atoms with Gasteiger partial charge in [0, 0.05) is 0 Å². The van der Waals surface area contributed by atoms with Crippen LogP contribution in [0, 0.1) is 0 Å². The number of aliphatic hydroxyl groups is 1. The Kier molecular flexibility index (Phi) is 4.62. The van der Waals surface area contributed by atoms with Crippen LogP contribution in [0.2, 0.25) is 0 Å². The predicted octanol–water partition coefficient (Wildman–Crippen LogP) is 2.30. The highest BCUT2D eigenvalue weighted by Crippen LogP contribution is 2.22. The Hall–Kier alpha value is -0.810. The van der Waals surface area contributed by atoms with Crippen LogP contribution in [0.3, 0.4) is 0 Å². The normalized spacial score (nSPS) is 24.6. The van der Waals surface area contributed by atoms with Crippen molar-refractivity contribution in [1.82, 2.24) is 9.97 Å². The van der Waals surface area contributed by atoms with E-state index in [1.807, 2.05) is 0 Å². The van der Waals surface area contributed by atoms with Crippen molar-refractivity contribution in [3.8, 4) is 0 Å². The SMILES string of the molecule is CCSc1cncc(N[C@H]2CCCC[C@@H]2O)n1. The van der Waals surface area contributed by atoms with Gasteiger partial charge in [-0.2, -0.15) is 0 Å². The first-order valence-corrected chi connectivity index (χ1v) is 7.17. The molecule has 1 aromatic rings. The highest BCUT2D eigenvalue weighted by molar-refractivity contribution is 7.99. The summed E-state index contributed by atoms with van der Waals surface area (Å²) >= 11 is 1.68. The minimum atomic E-state index is -0.256. The van der Waals surface area contributed by atoms with Gasteiger partial charge in [0.05, 0.1) is 24.5 Å². The summed E-state index contributed by atoms with van der Waals surface area (Å²) in [7, 11) is 0. The van der Waals surface area contributed by atoms with Crippen molar-refractivity contribution < 1.29 is 5.11 Å². The lowest BCUT2D eigenvalue weighted by Gasteiger charge is -2.28. The molecule has 0 amide bonds. The van der Waals surface area contributed by atoms with E-state index >= 15 is 0 Å². The molecule has 94 valence electrons. The number of nitrogens with one attached hydrogen (secondary N) is 1. The summed E-state index contributed by atoms with van der Waals surface area (Å²) in [6.45, 7) is 2.09. The second kappa shape index (κ2) is 6.21. The lowest BCUT2D eigenvalue weighted by molar-refractivity contribution is 0.116. The van der Waals surface area contributed by atoms with Crippen LogP contribution in [0.5, 0.6) is 0 Å². The first kappa shape index (κ1) is 12.6. The van der Waals surface area contributed by atoms with Crippen LogP contribution in [-0.2, 0) is 0 Å². The third-order valence-corrected chi connectivity index (χ3v) is 3.75. The molecular weight excluding hydrogens is 234 g/mol. The maximum absolute atomic E-state index is 9.89. The number of aliphatic hydroxyl groups excluding tert-OH is 1. The number of nitrogens with zero attached hydrogens (tertiary/aromatic N) is 2. The topological polar surface area (TPSA) is 58.0 Å². The molecule has 0 saturated heterocycles. The zero-order valence-electron chi connectivity index (χ0n) is 10.1. The molecule has 1 aliphatic carbocycles. The summed E-state index contributed by atoms with van der Waals surface area (Å²) in [5.74, 6) is 1.76. The third-order valence-electron chi connectivity index (χ3n) is 2.97. The van der Waals surface area contributed by atoms with Crippen LogP contribution in [0.1, 0.15) is 32.6 Å². The van der Waals surface area contributed by atoms with E-state index in [1.54, 1.807) is 24.2 Å². The van der Waals surface area contributed by atoms with Crippen molar-refractivity contribution in [2.45, 2.75) is 49.8 Å². The Labute approximate surface area is 106 Å². The van der Waals surface area contributed by atoms with Crippen molar-refractivity contribution in [2.75, 3.05) is 11.1 Å². The standard InChI is InChI=1S/C12H19N3OS/c1-2-17-12-8-13-7-11(15-12)14-9-5-3-4-6-10(9)16/h7-10,16H,2-6H2,1H3,(H,14,15)/t9-,10-/m0/s1. The van der Waals surface area contributed by atoms with E-state index in [2.05, 4.69) is 22.2 Å². The average molecular weight is 253 g/mol. The van der Waals surface area contributed by atoms with Crippen molar-refractivity contribution in [2.24, 2.45) is 0 Å². The minimum Gasteiger partial charge on any atom is -0.391 e. The van der Waals surface area contributed by atoms with Crippen LogP contribution >= 0.6 is 11.8 Å². The maximum atomic E-state index is 9.89. The fraction of sp³-hybridized carbons (Fsp3) is 0.667. The zero-order valence-corrected chi connectivity index (χ0v) is 10.9. The van der Waals surface area contributed by atoms with Gasteiger partial charge < -0.3 is 10.4 Å². The fourth-order valence-corrected chi connectivity index (χ4v) is 2.70. The fourth-order valence-electron chi connectivity index (χ4n) is 2.10. The quantitative estimate of drug-likeness (QED) is 0.806. The van der Waals surface area contributed by atoms with Gasteiger partial charge in [-0.1, -0.05) is 19.8 Å². The third kappa shape index (κ3) is 3.57. The van der Waals surface area contributed by atoms with E-state index < -0.39 is 0 Å². The minimum absolute atomic E-state index is 0.125. The van der Waals surface area contributed by atoms with Crippen molar-refractivity contribution in [3.05, 3.63) is 12.4 Å². The van der Waals surface area contributed by atoms with Crippen LogP contribution in [-0.4, -0.2) is 33.0 Å². The van der Waals surface area contributed by atoms with E-state index in [9.17, 15) is 5.11 Å². The summed E-state index contributed by atoms with van der Waals surface area (Å²) in [5, 5.41) is 14.1. The predicted molar refractivity (Wildman–Crippen MR) is 70.3 cm³/mol. The molecule has 2 atom stereocenters. The highest BCUT2D eigenvalue weighted by atomic mass is 32.2. The second-order valence-electron chi connectivity index (χ2n) is 4.28. The van der Waals surface area contributed by atoms with Crippen LogP contribution < -0.4 is 5.32 Å². The number of hydrogen-bond donors (Lipinski definition) is 2. The maximum Gasteiger partial charge on any atom is 0.146 e. The number of hydrogen-bond acceptors (Lipinski definition) is 5. The number of rotatable bonds is 4. The molecular formula is C12H19N3OS. The van der Waals surface area contributed by atoms with Gasteiger partial charge in [0.1, 0.15) is 10.8 Å². The zero-order chi connectivity index (χ0) is 12.1. The Morgan fingerprint density at radius 2 is 2.24 bits per heavy atom. The van der Waals surface area contributed by atoms with Gasteiger partial charge in [-0.25, -0.2) is 4.98 Å². The second-order valence-corrected chi connectivity index (χ2v) is 5.56. The first-order chi connectivity index (χ1) is 8.29. The lowest BCUT2D eigenvalue weighted by Crippen LogP contribution is -2.36. The molecule has 0 aromatic carbocycles. The summed E-state index contributed by atoms with van der Waals surface area (Å²) in [4.78, 5) is 8.64. The van der Waals surface area contributed by atoms with Crippen molar-refractivity contribution in [1.29, 1.82) is 0 Å². The van der Waals surface area contributed by atoms with Crippen molar-refractivity contribution in [3.63, 3.8) is 0 Å². The molecule has 5 heteroatoms. The molecule has 1 aromatic heterocycles. The summed E-state index contributed by atoms with van der Waals surface area (Å²) < 4.78 is 0. The van der Waals surface area contributed by atoms with E-state index in [1.165, 1.54) is 6.42 Å². The van der Waals surface area contributed by atoms with Gasteiger partial charge in [-0.05, 0) is 18.6 Å². The molecule has 2 N–H and O–H groups in total. The van der Waals surface area contributed by atoms with Crippen molar-refractivity contribution >= 4 is 17.6 Å². The summed E-state index contributed by atoms with van der Waals surface area (Å²) in [5.41, 5.74) is 0. The summed E-state index contributed by atoms with van der Waals surface area (Å²) in [6.07, 6.45) is 7.43. The highest BCUT2D eigenvalue weighted by Gasteiger charge is 2.23. The lowest BCUT2D eigenvalue weighted by atomic mass is 9.93. The monoisotopic (exact) mass is 253 g/mol. The van der Waals surface area contributed by atoms with Crippen LogP contribution in [0.25, 0.3) is 0 Å². The number of anilines is 1. The molecule has 1 fully saturated rings. The molecule has 0 spiro atoms. The van der Waals surface area contributed by atoms with Gasteiger partial charge in [0.25, 0.3) is 0 Å². The van der Waals surface area contributed by atoms with Gasteiger partial charge in [-0.3, -0.25) is 4.98 Å². The van der Waals surface area contributed by atoms with Gasteiger partial charge in [-0.15, -0.1) is 11.8 Å². The van der Waals surface area contributed by atoms with Gasteiger partial charge >= 0.3 is 0 Å². The molecule has 1 saturated carbocycles. The van der Waals surface area contributed by atoms with E-state index in [4.69, 9.17) is 0 Å². The Balaban J connectivity index is 1.99. The Morgan fingerprint density at radius 3 is 3.00 bits per heavy atom. The molecule has 4 nitrogen and oxygen atoms in total.